The minimum absolute atomic E-state index is 0.0902. The van der Waals surface area contributed by atoms with Crippen LogP contribution in [0.1, 0.15) is 0 Å². The Bertz CT molecular complexity index is 1720. The number of halogens is 2. The molecule has 0 atom stereocenters. The Hall–Kier alpha value is -3.13. The number of anilines is 2. The average Bonchev–Trinajstić information content (AvgIpc) is 3.37. The van der Waals surface area contributed by atoms with Crippen molar-refractivity contribution in [2.24, 2.45) is 0 Å². The van der Waals surface area contributed by atoms with E-state index in [2.05, 4.69) is 15.5 Å². The second kappa shape index (κ2) is 12.2. The molecule has 0 aliphatic carbocycles. The fraction of sp³-hybridized carbons (Fsp3) is 0.231. The lowest BCUT2D eigenvalue weighted by Gasteiger charge is -2.26. The van der Waals surface area contributed by atoms with Gasteiger partial charge in [-0.15, -0.1) is 11.3 Å². The van der Waals surface area contributed by atoms with E-state index in [4.69, 9.17) is 27.9 Å². The van der Waals surface area contributed by atoms with Crippen molar-refractivity contribution in [1.82, 2.24) is 14.2 Å². The van der Waals surface area contributed by atoms with Crippen LogP contribution in [0, 0.1) is 0 Å². The van der Waals surface area contributed by atoms with Crippen LogP contribution in [0.2, 0.25) is 9.36 Å². The maximum atomic E-state index is 13.3. The van der Waals surface area contributed by atoms with Crippen molar-refractivity contribution in [3.05, 3.63) is 80.5 Å². The number of pyridine rings is 1. The molecular formula is C26H25Cl2N5O5S2. The third-order valence-corrected chi connectivity index (χ3v) is 9.63. The maximum Gasteiger partial charge on any atom is 0.333 e. The molecule has 0 spiro atoms. The van der Waals surface area contributed by atoms with E-state index in [-0.39, 0.29) is 24.8 Å². The number of carbonyl (C=O) groups is 1. The lowest BCUT2D eigenvalue weighted by Crippen LogP contribution is -2.39. The van der Waals surface area contributed by atoms with Crippen molar-refractivity contribution in [3.63, 3.8) is 0 Å². The fourth-order valence-corrected chi connectivity index (χ4v) is 6.94. The van der Waals surface area contributed by atoms with Crippen LogP contribution < -0.4 is 20.9 Å². The Kier molecular flexibility index (Phi) is 8.64. The molecule has 0 saturated carbocycles. The largest absolute Gasteiger partial charge is 0.384 e. The molecule has 2 amide bonds. The van der Waals surface area contributed by atoms with Crippen LogP contribution in [0.4, 0.5) is 16.2 Å². The van der Waals surface area contributed by atoms with E-state index in [1.54, 1.807) is 18.3 Å². The Morgan fingerprint density at radius 3 is 2.50 bits per heavy atom. The molecule has 10 nitrogen and oxygen atoms in total. The van der Waals surface area contributed by atoms with Gasteiger partial charge in [0.15, 0.2) is 0 Å². The number of nitrogens with one attached hydrogen (secondary N) is 3. The molecule has 14 heteroatoms. The highest BCUT2D eigenvalue weighted by Gasteiger charge is 2.20. The van der Waals surface area contributed by atoms with E-state index in [1.165, 1.54) is 28.8 Å². The molecule has 3 heterocycles. The minimum Gasteiger partial charge on any atom is -0.384 e. The normalized spacial score (nSPS) is 14.2. The molecule has 1 aliphatic rings. The fourth-order valence-electron chi connectivity index (χ4n) is 4.28. The molecule has 210 valence electrons. The number of rotatable bonds is 8. The molecule has 1 fully saturated rings. The Labute approximate surface area is 244 Å². The summed E-state index contributed by atoms with van der Waals surface area (Å²) in [5, 5.41) is 7.35. The molecule has 1 saturated heterocycles. The predicted molar refractivity (Wildman–Crippen MR) is 159 cm³/mol. The van der Waals surface area contributed by atoms with Crippen LogP contribution >= 0.6 is 34.5 Å². The summed E-state index contributed by atoms with van der Waals surface area (Å²) in [4.78, 5) is 27.9. The molecule has 0 radical (unpaired) electrons. The number of ether oxygens (including phenoxy) is 1. The summed E-state index contributed by atoms with van der Waals surface area (Å²) in [6.07, 6.45) is 1.64. The van der Waals surface area contributed by atoms with Gasteiger partial charge in [-0.1, -0.05) is 23.2 Å². The summed E-state index contributed by atoms with van der Waals surface area (Å²) < 4.78 is 33.6. The highest BCUT2D eigenvalue weighted by molar-refractivity contribution is 7.92. The first-order valence-corrected chi connectivity index (χ1v) is 15.3. The van der Waals surface area contributed by atoms with E-state index in [0.29, 0.717) is 11.1 Å². The van der Waals surface area contributed by atoms with Gasteiger partial charge >= 0.3 is 6.03 Å². The number of carbonyl (C=O) groups excluding carboxylic acids is 1. The lowest BCUT2D eigenvalue weighted by atomic mass is 10.1. The molecule has 40 heavy (non-hydrogen) atoms. The summed E-state index contributed by atoms with van der Waals surface area (Å²) in [5.41, 5.74) is 1.33. The van der Waals surface area contributed by atoms with Crippen LogP contribution in [0.15, 0.2) is 69.8 Å². The quantitative estimate of drug-likeness (QED) is 0.262. The van der Waals surface area contributed by atoms with Gasteiger partial charge in [-0.25, -0.2) is 17.9 Å². The number of thiophene rings is 1. The van der Waals surface area contributed by atoms with Gasteiger partial charge in [0.1, 0.15) is 4.21 Å². The van der Waals surface area contributed by atoms with Crippen molar-refractivity contribution >= 4 is 72.7 Å². The van der Waals surface area contributed by atoms with Gasteiger partial charge in [-0.2, -0.15) is 0 Å². The van der Waals surface area contributed by atoms with Gasteiger partial charge in [0.05, 0.1) is 28.3 Å². The van der Waals surface area contributed by atoms with Gasteiger partial charge in [-0.05, 0) is 60.0 Å². The first-order chi connectivity index (χ1) is 19.2. The molecule has 0 unspecified atom stereocenters. The first-order valence-electron chi connectivity index (χ1n) is 12.3. The first kappa shape index (κ1) is 28.4. The highest BCUT2D eigenvalue weighted by Crippen LogP contribution is 2.27. The number of morpholine rings is 1. The van der Waals surface area contributed by atoms with Crippen molar-refractivity contribution in [3.8, 4) is 5.69 Å². The molecule has 2 aromatic heterocycles. The van der Waals surface area contributed by atoms with Gasteiger partial charge in [-0.3, -0.25) is 14.3 Å². The lowest BCUT2D eigenvalue weighted by molar-refractivity contribution is 0.0398. The molecular weight excluding hydrogens is 597 g/mol. The summed E-state index contributed by atoms with van der Waals surface area (Å²) in [5.74, 6) is 0. The van der Waals surface area contributed by atoms with Crippen molar-refractivity contribution < 1.29 is 17.9 Å². The molecule has 4 aromatic rings. The smallest absolute Gasteiger partial charge is 0.333 e. The minimum atomic E-state index is -4.08. The van der Waals surface area contributed by atoms with Gasteiger partial charge < -0.3 is 15.4 Å². The second-order valence-corrected chi connectivity index (χ2v) is 13.0. The van der Waals surface area contributed by atoms with Gasteiger partial charge in [0.25, 0.3) is 15.6 Å². The number of hydrogen-bond acceptors (Lipinski definition) is 8. The number of fused-ring (bicyclic) bond motifs is 1. The highest BCUT2D eigenvalue weighted by atomic mass is 35.5. The van der Waals surface area contributed by atoms with E-state index < -0.39 is 16.1 Å². The van der Waals surface area contributed by atoms with Crippen molar-refractivity contribution in [2.75, 3.05) is 50.0 Å². The third kappa shape index (κ3) is 6.60. The van der Waals surface area contributed by atoms with Crippen LogP contribution in [-0.2, 0) is 14.8 Å². The summed E-state index contributed by atoms with van der Waals surface area (Å²) >= 11 is 13.1. The standard InChI is InChI=1S/C26H25Cl2N5O5S2/c27-21-16-19(30-26(35)31-40(36,37)24-6-5-23(28)39-24)2-4-22(21)33-9-7-17-15-18(1-3-20(17)25(33)34)29-8-10-32-11-13-38-14-12-32/h1-7,9,15-16,29H,8,10-14H2,(H2,30,31,35). The Morgan fingerprint density at radius 1 is 1.00 bits per heavy atom. The van der Waals surface area contributed by atoms with E-state index in [1.807, 2.05) is 22.9 Å². The van der Waals surface area contributed by atoms with Crippen LogP contribution in [0.5, 0.6) is 0 Å². The summed E-state index contributed by atoms with van der Waals surface area (Å²) in [7, 11) is -4.08. The maximum absolute atomic E-state index is 13.3. The number of amides is 2. The number of urea groups is 1. The monoisotopic (exact) mass is 621 g/mol. The van der Waals surface area contributed by atoms with Gasteiger partial charge in [0.2, 0.25) is 0 Å². The number of sulfonamides is 1. The van der Waals surface area contributed by atoms with Crippen LogP contribution in [0.3, 0.4) is 0 Å². The van der Waals surface area contributed by atoms with Crippen LogP contribution in [-0.4, -0.2) is 63.3 Å². The summed E-state index contributed by atoms with van der Waals surface area (Å²) in [6, 6.07) is 13.7. The Morgan fingerprint density at radius 2 is 1.77 bits per heavy atom. The topological polar surface area (TPSA) is 122 Å². The van der Waals surface area contributed by atoms with Gasteiger partial charge in [0, 0.05) is 49.1 Å². The van der Waals surface area contributed by atoms with E-state index in [9.17, 15) is 18.0 Å². The Balaban J connectivity index is 1.27. The van der Waals surface area contributed by atoms with Crippen molar-refractivity contribution in [1.29, 1.82) is 0 Å². The number of aromatic nitrogens is 1. The van der Waals surface area contributed by atoms with Crippen LogP contribution in [0.25, 0.3) is 16.5 Å². The molecule has 0 bridgehead atoms. The molecule has 2 aromatic carbocycles. The average molecular weight is 623 g/mol. The SMILES string of the molecule is O=C(Nc1ccc(-n2ccc3cc(NCCN4CCOCC4)ccc3c2=O)c(Cl)c1)NS(=O)(=O)c1ccc(Cl)s1. The zero-order valence-corrected chi connectivity index (χ0v) is 24.2. The third-order valence-electron chi connectivity index (χ3n) is 6.27. The van der Waals surface area contributed by atoms with E-state index >= 15 is 0 Å². The molecule has 1 aliphatic heterocycles. The number of hydrogen-bond donors (Lipinski definition) is 3. The molecule has 5 rings (SSSR count). The molecule has 3 N–H and O–H groups in total. The summed E-state index contributed by atoms with van der Waals surface area (Å²) in [6.45, 7) is 5.07. The number of benzene rings is 2. The zero-order valence-electron chi connectivity index (χ0n) is 21.0. The number of nitrogens with zero attached hydrogens (tertiary/aromatic N) is 2. The second-order valence-electron chi connectivity index (χ2n) is 8.96. The predicted octanol–water partition coefficient (Wildman–Crippen LogP) is 4.61. The van der Waals surface area contributed by atoms with E-state index in [0.717, 1.165) is 61.8 Å². The zero-order chi connectivity index (χ0) is 28.3. The van der Waals surface area contributed by atoms with Crippen molar-refractivity contribution in [2.45, 2.75) is 4.21 Å².